The first-order chi connectivity index (χ1) is 34.0. The molecule has 6 heteroatoms. The molecule has 0 bridgehead atoms. The Kier molecular flexibility index (Phi) is 51.6. The molecule has 0 N–H and O–H groups in total. The summed E-state index contributed by atoms with van der Waals surface area (Å²) in [6, 6.07) is 0. The molecule has 0 heterocycles. The second-order valence-electron chi connectivity index (χ2n) is 17.0. The van der Waals surface area contributed by atoms with Crippen LogP contribution in [-0.2, 0) is 28.6 Å². The molecule has 0 radical (unpaired) electrons. The number of unbranched alkanes of at least 4 members (excludes halogenated alkanes) is 10. The first-order valence-corrected chi connectivity index (χ1v) is 27.0. The number of rotatable bonds is 46. The van der Waals surface area contributed by atoms with Crippen LogP contribution in [0.2, 0.25) is 0 Å². The third-order valence-corrected chi connectivity index (χ3v) is 10.5. The molecule has 0 aliphatic heterocycles. The van der Waals surface area contributed by atoms with Gasteiger partial charge in [-0.3, -0.25) is 14.4 Å². The molecule has 0 aliphatic rings. The van der Waals surface area contributed by atoms with Crippen molar-refractivity contribution in [1.82, 2.24) is 0 Å². The minimum Gasteiger partial charge on any atom is -0.462 e. The molecule has 0 rings (SSSR count). The van der Waals surface area contributed by atoms with Crippen LogP contribution in [0.5, 0.6) is 0 Å². The van der Waals surface area contributed by atoms with E-state index in [0.717, 1.165) is 135 Å². The predicted molar refractivity (Wildman–Crippen MR) is 297 cm³/mol. The zero-order valence-electron chi connectivity index (χ0n) is 43.8. The minimum atomic E-state index is -0.857. The third-order valence-electron chi connectivity index (χ3n) is 10.5. The Morgan fingerprint density at radius 1 is 0.319 bits per heavy atom. The summed E-state index contributed by atoms with van der Waals surface area (Å²) in [5.41, 5.74) is 0. The molecular formula is C63H96O6. The second kappa shape index (κ2) is 55.6. The SMILES string of the molecule is CC/C=C\C/C=C\C/C=C\C/C=C\C/C=C\C/C=C\C/C=C\CCCCCC(=O)OCC(COC(=O)CCCCCCC/C=C\CCCC)OC(=O)C/C=C\C/C=C\C/C=C\C/C=C\C/C=C\CC. The number of carbonyl (C=O) groups is 3. The molecule has 0 amide bonds. The quantitative estimate of drug-likeness (QED) is 0.0262. The van der Waals surface area contributed by atoms with Crippen LogP contribution in [0, 0.1) is 0 Å². The maximum absolute atomic E-state index is 12.7. The Morgan fingerprint density at radius 3 is 0.986 bits per heavy atom. The molecule has 1 atom stereocenters. The Balaban J connectivity index is 4.52. The highest BCUT2D eigenvalue weighted by molar-refractivity contribution is 5.72. The molecule has 0 fully saturated rings. The standard InChI is InChI=1S/C63H96O6/c1-4-7-10-13-16-19-22-24-26-27-28-29-30-31-32-33-34-35-37-38-41-44-47-50-53-56-62(65)68-59-60(58-67-61(64)55-52-49-46-43-40-21-18-15-12-9-6-3)69-63(66)57-54-51-48-45-42-39-36-25-23-20-17-14-11-8-5-2/h7-8,10-11,15-20,24-26,28-29,31-32,34-36,38,41-42,45,51,54,60H,4-6,9,12-14,21-23,27,30,33,37,39-40,43-44,46-50,52-53,55-59H2,1-3H3/b10-7-,11-8-,18-15-,19-16-,20-17-,26-24-,29-28-,32-31-,35-34-,36-25-,41-38-,45-42-,54-51-. The van der Waals surface area contributed by atoms with E-state index >= 15 is 0 Å². The van der Waals surface area contributed by atoms with Gasteiger partial charge in [-0.1, -0.05) is 217 Å². The summed E-state index contributed by atoms with van der Waals surface area (Å²) in [5.74, 6) is -1.13. The summed E-state index contributed by atoms with van der Waals surface area (Å²) in [7, 11) is 0. The van der Waals surface area contributed by atoms with E-state index < -0.39 is 12.1 Å². The largest absolute Gasteiger partial charge is 0.462 e. The van der Waals surface area contributed by atoms with Crippen molar-refractivity contribution in [2.75, 3.05) is 13.2 Å². The second-order valence-corrected chi connectivity index (χ2v) is 17.0. The molecule has 0 aromatic heterocycles. The average Bonchev–Trinajstić information content (AvgIpc) is 3.35. The lowest BCUT2D eigenvalue weighted by molar-refractivity contribution is -0.166. The van der Waals surface area contributed by atoms with Gasteiger partial charge >= 0.3 is 17.9 Å². The van der Waals surface area contributed by atoms with Crippen molar-refractivity contribution in [3.05, 3.63) is 158 Å². The fraction of sp³-hybridized carbons (Fsp3) is 0.540. The lowest BCUT2D eigenvalue weighted by atomic mass is 10.1. The third kappa shape index (κ3) is 53.8. The van der Waals surface area contributed by atoms with Crippen LogP contribution in [0.15, 0.2) is 158 Å². The molecule has 69 heavy (non-hydrogen) atoms. The molecule has 6 nitrogen and oxygen atoms in total. The molecule has 0 aromatic rings. The van der Waals surface area contributed by atoms with E-state index in [2.05, 4.69) is 167 Å². The summed E-state index contributed by atoms with van der Waals surface area (Å²) < 4.78 is 16.6. The van der Waals surface area contributed by atoms with Crippen LogP contribution >= 0.6 is 0 Å². The van der Waals surface area contributed by atoms with Gasteiger partial charge in [0.25, 0.3) is 0 Å². The van der Waals surface area contributed by atoms with Crippen LogP contribution in [0.25, 0.3) is 0 Å². The van der Waals surface area contributed by atoms with Crippen molar-refractivity contribution < 1.29 is 28.6 Å². The molecule has 0 saturated heterocycles. The highest BCUT2D eigenvalue weighted by Gasteiger charge is 2.19. The number of ether oxygens (including phenoxy) is 3. The molecule has 0 saturated carbocycles. The van der Waals surface area contributed by atoms with E-state index in [0.29, 0.717) is 12.8 Å². The van der Waals surface area contributed by atoms with Gasteiger partial charge in [0, 0.05) is 12.8 Å². The number of carbonyl (C=O) groups excluding carboxylic acids is 3. The number of allylic oxidation sites excluding steroid dienone is 25. The Labute approximate surface area is 422 Å². The topological polar surface area (TPSA) is 78.9 Å². The highest BCUT2D eigenvalue weighted by atomic mass is 16.6. The molecule has 384 valence electrons. The van der Waals surface area contributed by atoms with Crippen molar-refractivity contribution in [2.24, 2.45) is 0 Å². The van der Waals surface area contributed by atoms with Crippen LogP contribution in [0.4, 0.5) is 0 Å². The van der Waals surface area contributed by atoms with Gasteiger partial charge in [0.2, 0.25) is 0 Å². The molecule has 0 aliphatic carbocycles. The highest BCUT2D eigenvalue weighted by Crippen LogP contribution is 2.11. The zero-order valence-corrected chi connectivity index (χ0v) is 43.8. The monoisotopic (exact) mass is 949 g/mol. The van der Waals surface area contributed by atoms with Gasteiger partial charge < -0.3 is 14.2 Å². The fourth-order valence-electron chi connectivity index (χ4n) is 6.54. The summed E-state index contributed by atoms with van der Waals surface area (Å²) in [4.78, 5) is 37.9. The Bertz CT molecular complexity index is 1610. The Hall–Kier alpha value is -4.97. The maximum atomic E-state index is 12.7. The van der Waals surface area contributed by atoms with Crippen LogP contribution in [-0.4, -0.2) is 37.2 Å². The maximum Gasteiger partial charge on any atom is 0.310 e. The van der Waals surface area contributed by atoms with Crippen molar-refractivity contribution in [3.63, 3.8) is 0 Å². The van der Waals surface area contributed by atoms with Crippen LogP contribution in [0.1, 0.15) is 201 Å². The van der Waals surface area contributed by atoms with Gasteiger partial charge in [-0.15, -0.1) is 0 Å². The van der Waals surface area contributed by atoms with Gasteiger partial charge in [-0.2, -0.15) is 0 Å². The van der Waals surface area contributed by atoms with E-state index in [1.807, 2.05) is 6.08 Å². The first kappa shape index (κ1) is 64.0. The first-order valence-electron chi connectivity index (χ1n) is 27.0. The van der Waals surface area contributed by atoms with Crippen LogP contribution < -0.4 is 0 Å². The molecule has 0 aromatic carbocycles. The summed E-state index contributed by atoms with van der Waals surface area (Å²) in [5, 5.41) is 0. The normalized spacial score (nSPS) is 13.4. The number of esters is 3. The van der Waals surface area contributed by atoms with Crippen molar-refractivity contribution in [3.8, 4) is 0 Å². The fourth-order valence-corrected chi connectivity index (χ4v) is 6.54. The average molecular weight is 949 g/mol. The van der Waals surface area contributed by atoms with Gasteiger partial charge in [-0.25, -0.2) is 0 Å². The van der Waals surface area contributed by atoms with E-state index in [1.54, 1.807) is 6.08 Å². The zero-order chi connectivity index (χ0) is 50.0. The van der Waals surface area contributed by atoms with E-state index in [1.165, 1.54) is 19.3 Å². The predicted octanol–water partition coefficient (Wildman–Crippen LogP) is 18.2. The van der Waals surface area contributed by atoms with Gasteiger partial charge in [-0.05, 0) is 122 Å². The summed E-state index contributed by atoms with van der Waals surface area (Å²) in [6.45, 7) is 6.22. The van der Waals surface area contributed by atoms with Crippen molar-refractivity contribution in [2.45, 2.75) is 207 Å². The molecule has 0 spiro atoms. The van der Waals surface area contributed by atoms with Crippen LogP contribution in [0.3, 0.4) is 0 Å². The van der Waals surface area contributed by atoms with E-state index in [4.69, 9.17) is 14.2 Å². The number of hydrogen-bond donors (Lipinski definition) is 0. The molecular weight excluding hydrogens is 853 g/mol. The molecule has 1 unspecified atom stereocenters. The van der Waals surface area contributed by atoms with Crippen molar-refractivity contribution in [1.29, 1.82) is 0 Å². The minimum absolute atomic E-state index is 0.0796. The summed E-state index contributed by atoms with van der Waals surface area (Å²) in [6.07, 6.45) is 81.2. The smallest absolute Gasteiger partial charge is 0.310 e. The Morgan fingerprint density at radius 2 is 0.609 bits per heavy atom. The lowest BCUT2D eigenvalue weighted by Crippen LogP contribution is -2.30. The van der Waals surface area contributed by atoms with E-state index in [9.17, 15) is 14.4 Å². The van der Waals surface area contributed by atoms with Crippen molar-refractivity contribution >= 4 is 17.9 Å². The number of hydrogen-bond acceptors (Lipinski definition) is 6. The lowest BCUT2D eigenvalue weighted by Gasteiger charge is -2.18. The van der Waals surface area contributed by atoms with E-state index in [-0.39, 0.29) is 38.0 Å². The summed E-state index contributed by atoms with van der Waals surface area (Å²) >= 11 is 0. The van der Waals surface area contributed by atoms with Gasteiger partial charge in [0.15, 0.2) is 6.10 Å². The van der Waals surface area contributed by atoms with Gasteiger partial charge in [0.1, 0.15) is 13.2 Å². The van der Waals surface area contributed by atoms with Gasteiger partial charge in [0.05, 0.1) is 6.42 Å².